The number of aliphatic hydroxyl groups is 1. The molecule has 2 atom stereocenters. The lowest BCUT2D eigenvalue weighted by Gasteiger charge is -2.21. The first-order valence-electron chi connectivity index (χ1n) is 8.42. The normalized spacial score (nSPS) is 18.3. The van der Waals surface area contributed by atoms with E-state index in [2.05, 4.69) is 0 Å². The SMILES string of the molecule is COCC(CO)n1cccc(N2C[C@@H](c3ccc(Cl)cc3)CC2=O)c1=O. The second-order valence-electron chi connectivity index (χ2n) is 6.35. The van der Waals surface area contributed by atoms with Crippen molar-refractivity contribution in [1.29, 1.82) is 0 Å². The third kappa shape index (κ3) is 3.67. The average Bonchev–Trinajstić information content (AvgIpc) is 3.02. The van der Waals surface area contributed by atoms with Crippen LogP contribution >= 0.6 is 11.6 Å². The summed E-state index contributed by atoms with van der Waals surface area (Å²) in [5.74, 6) is -0.0764. The Balaban J connectivity index is 1.88. The number of hydrogen-bond acceptors (Lipinski definition) is 4. The van der Waals surface area contributed by atoms with Gasteiger partial charge in [0.05, 0.1) is 19.3 Å². The monoisotopic (exact) mass is 376 g/mol. The molecule has 0 bridgehead atoms. The highest BCUT2D eigenvalue weighted by atomic mass is 35.5. The molecule has 0 radical (unpaired) electrons. The summed E-state index contributed by atoms with van der Waals surface area (Å²) in [6, 6.07) is 10.3. The molecule has 2 aromatic rings. The van der Waals surface area contributed by atoms with Gasteiger partial charge in [0.15, 0.2) is 0 Å². The fraction of sp³-hybridized carbons (Fsp3) is 0.368. The zero-order valence-electron chi connectivity index (χ0n) is 14.5. The highest BCUT2D eigenvalue weighted by molar-refractivity contribution is 6.30. The van der Waals surface area contributed by atoms with Gasteiger partial charge in [-0.05, 0) is 29.8 Å². The average molecular weight is 377 g/mol. The van der Waals surface area contributed by atoms with Crippen LogP contribution in [-0.2, 0) is 9.53 Å². The number of carbonyl (C=O) groups is 1. The number of nitrogens with zero attached hydrogens (tertiary/aromatic N) is 2. The summed E-state index contributed by atoms with van der Waals surface area (Å²) in [6.45, 7) is 0.424. The summed E-state index contributed by atoms with van der Waals surface area (Å²) in [7, 11) is 1.51. The molecule has 0 aliphatic carbocycles. The molecule has 1 aromatic carbocycles. The van der Waals surface area contributed by atoms with Gasteiger partial charge in [0.1, 0.15) is 5.69 Å². The number of rotatable bonds is 6. The van der Waals surface area contributed by atoms with Crippen LogP contribution < -0.4 is 10.5 Å². The third-order valence-corrected chi connectivity index (χ3v) is 4.93. The first-order chi connectivity index (χ1) is 12.5. The lowest BCUT2D eigenvalue weighted by atomic mass is 9.98. The molecule has 3 rings (SSSR count). The summed E-state index contributed by atoms with van der Waals surface area (Å²) in [5.41, 5.74) is 1.03. The molecule has 26 heavy (non-hydrogen) atoms. The molecular formula is C19H21ClN2O4. The lowest BCUT2D eigenvalue weighted by molar-refractivity contribution is -0.117. The Labute approximate surface area is 156 Å². The summed E-state index contributed by atoms with van der Waals surface area (Å²) in [4.78, 5) is 26.9. The number of benzene rings is 1. The zero-order chi connectivity index (χ0) is 18.7. The molecule has 1 aromatic heterocycles. The molecule has 1 N–H and O–H groups in total. The third-order valence-electron chi connectivity index (χ3n) is 4.67. The maximum absolute atomic E-state index is 12.8. The van der Waals surface area contributed by atoms with E-state index in [0.29, 0.717) is 23.7 Å². The molecule has 6 nitrogen and oxygen atoms in total. The number of methoxy groups -OCH3 is 1. The number of aromatic nitrogens is 1. The second-order valence-corrected chi connectivity index (χ2v) is 6.79. The molecule has 7 heteroatoms. The molecule has 138 valence electrons. The molecule has 0 saturated carbocycles. The maximum atomic E-state index is 12.8. The van der Waals surface area contributed by atoms with Crippen molar-refractivity contribution in [3.8, 4) is 0 Å². The summed E-state index contributed by atoms with van der Waals surface area (Å²) < 4.78 is 6.48. The van der Waals surface area contributed by atoms with E-state index in [1.54, 1.807) is 30.5 Å². The molecule has 1 aliphatic rings. The van der Waals surface area contributed by atoms with Gasteiger partial charge < -0.3 is 19.3 Å². The number of halogens is 1. The Morgan fingerprint density at radius 3 is 2.65 bits per heavy atom. The van der Waals surface area contributed by atoms with E-state index in [1.165, 1.54) is 16.6 Å². The number of ether oxygens (including phenoxy) is 1. The van der Waals surface area contributed by atoms with E-state index in [-0.39, 0.29) is 30.6 Å². The van der Waals surface area contributed by atoms with Crippen molar-refractivity contribution in [1.82, 2.24) is 4.57 Å². The standard InChI is InChI=1S/C19H21ClN2O4/c1-26-12-16(11-23)21-8-2-3-17(19(21)25)22-10-14(9-18(22)24)13-4-6-15(20)7-5-13/h2-8,14,16,23H,9-12H2,1H3/t14-,16?/m0/s1. The van der Waals surface area contributed by atoms with Gasteiger partial charge in [-0.15, -0.1) is 0 Å². The molecule has 0 spiro atoms. The predicted octanol–water partition coefficient (Wildman–Crippen LogP) is 2.20. The van der Waals surface area contributed by atoms with Crippen molar-refractivity contribution in [3.05, 3.63) is 63.5 Å². The molecule has 1 saturated heterocycles. The van der Waals surface area contributed by atoms with Crippen LogP contribution in [0.2, 0.25) is 5.02 Å². The van der Waals surface area contributed by atoms with Crippen molar-refractivity contribution in [2.45, 2.75) is 18.4 Å². The number of aliphatic hydroxyl groups excluding tert-OH is 1. The van der Waals surface area contributed by atoms with Crippen LogP contribution in [-0.4, -0.2) is 42.4 Å². The van der Waals surface area contributed by atoms with E-state index >= 15 is 0 Å². The van der Waals surface area contributed by atoms with Gasteiger partial charge in [0, 0.05) is 37.2 Å². The van der Waals surface area contributed by atoms with Crippen LogP contribution in [0.1, 0.15) is 23.9 Å². The Morgan fingerprint density at radius 2 is 2.00 bits per heavy atom. The van der Waals surface area contributed by atoms with Crippen LogP contribution in [0.5, 0.6) is 0 Å². The van der Waals surface area contributed by atoms with Gasteiger partial charge in [0.25, 0.3) is 5.56 Å². The molecule has 1 aliphatic heterocycles. The minimum atomic E-state index is -0.489. The predicted molar refractivity (Wildman–Crippen MR) is 99.9 cm³/mol. The van der Waals surface area contributed by atoms with E-state index in [4.69, 9.17) is 16.3 Å². The van der Waals surface area contributed by atoms with E-state index in [9.17, 15) is 14.7 Å². The van der Waals surface area contributed by atoms with Gasteiger partial charge in [0.2, 0.25) is 5.91 Å². The van der Waals surface area contributed by atoms with Crippen LogP contribution in [0.3, 0.4) is 0 Å². The first kappa shape index (κ1) is 18.6. The molecule has 1 unspecified atom stereocenters. The highest BCUT2D eigenvalue weighted by Crippen LogP contribution is 2.31. The first-order valence-corrected chi connectivity index (χ1v) is 8.79. The minimum Gasteiger partial charge on any atom is -0.394 e. The second kappa shape index (κ2) is 8.03. The largest absolute Gasteiger partial charge is 0.394 e. The van der Waals surface area contributed by atoms with E-state index < -0.39 is 6.04 Å². The molecule has 2 heterocycles. The van der Waals surface area contributed by atoms with Crippen molar-refractivity contribution >= 4 is 23.2 Å². The molecular weight excluding hydrogens is 356 g/mol. The van der Waals surface area contributed by atoms with Gasteiger partial charge in [-0.3, -0.25) is 9.59 Å². The van der Waals surface area contributed by atoms with Gasteiger partial charge in [-0.1, -0.05) is 23.7 Å². The van der Waals surface area contributed by atoms with Crippen molar-refractivity contribution < 1.29 is 14.6 Å². The van der Waals surface area contributed by atoms with Crippen LogP contribution in [0, 0.1) is 0 Å². The fourth-order valence-corrected chi connectivity index (χ4v) is 3.43. The minimum absolute atomic E-state index is 0.0143. The summed E-state index contributed by atoms with van der Waals surface area (Å²) in [6.07, 6.45) is 1.94. The Morgan fingerprint density at radius 1 is 1.27 bits per heavy atom. The number of pyridine rings is 1. The van der Waals surface area contributed by atoms with E-state index in [0.717, 1.165) is 5.56 Å². The number of hydrogen-bond donors (Lipinski definition) is 1. The summed E-state index contributed by atoms with van der Waals surface area (Å²) >= 11 is 5.93. The van der Waals surface area contributed by atoms with E-state index in [1.807, 2.05) is 12.1 Å². The topological polar surface area (TPSA) is 71.8 Å². The van der Waals surface area contributed by atoms with Crippen LogP contribution in [0.4, 0.5) is 5.69 Å². The fourth-order valence-electron chi connectivity index (χ4n) is 3.30. The van der Waals surface area contributed by atoms with Crippen molar-refractivity contribution in [2.24, 2.45) is 0 Å². The smallest absolute Gasteiger partial charge is 0.274 e. The Bertz CT molecular complexity index is 834. The van der Waals surface area contributed by atoms with Crippen LogP contribution in [0.15, 0.2) is 47.4 Å². The summed E-state index contributed by atoms with van der Waals surface area (Å²) in [5, 5.41) is 10.2. The van der Waals surface area contributed by atoms with Crippen LogP contribution in [0.25, 0.3) is 0 Å². The van der Waals surface area contributed by atoms with Crippen molar-refractivity contribution in [2.75, 3.05) is 31.8 Å². The maximum Gasteiger partial charge on any atom is 0.274 e. The highest BCUT2D eigenvalue weighted by Gasteiger charge is 2.33. The molecule has 1 fully saturated rings. The molecule has 1 amide bonds. The Hall–Kier alpha value is -2.15. The quantitative estimate of drug-likeness (QED) is 0.839. The Kier molecular flexibility index (Phi) is 5.76. The number of amides is 1. The van der Waals surface area contributed by atoms with Crippen molar-refractivity contribution in [3.63, 3.8) is 0 Å². The van der Waals surface area contributed by atoms with Gasteiger partial charge in [-0.25, -0.2) is 0 Å². The lowest BCUT2D eigenvalue weighted by Crippen LogP contribution is -2.36. The number of anilines is 1. The van der Waals surface area contributed by atoms with Gasteiger partial charge >= 0.3 is 0 Å². The zero-order valence-corrected chi connectivity index (χ0v) is 15.2. The van der Waals surface area contributed by atoms with Gasteiger partial charge in [-0.2, -0.15) is 0 Å². The number of carbonyl (C=O) groups excluding carboxylic acids is 1.